The van der Waals surface area contributed by atoms with Crippen LogP contribution in [-0.4, -0.2) is 84.4 Å². The molecule has 0 atom stereocenters. The molecule has 0 amide bonds. The summed E-state index contributed by atoms with van der Waals surface area (Å²) in [6.45, 7) is 29.1. The molecule has 133 heavy (non-hydrogen) atoms. The van der Waals surface area contributed by atoms with Gasteiger partial charge in [-0.15, -0.1) is 39.5 Å². The number of halogens is 15. The van der Waals surface area contributed by atoms with E-state index in [0.717, 1.165) is 140 Å². The number of benzene rings is 10. The van der Waals surface area contributed by atoms with E-state index in [-0.39, 0.29) is 75.8 Å². The number of hydrogen-bond donors (Lipinski definition) is 0. The Balaban J connectivity index is 0.000000177. The third-order valence-corrected chi connectivity index (χ3v) is 23.7. The second-order valence-electron chi connectivity index (χ2n) is 38.8. The summed E-state index contributed by atoms with van der Waals surface area (Å²) < 4.78 is 337. The molecule has 5 fully saturated rings. The molecule has 5 saturated heterocycles. The van der Waals surface area contributed by atoms with Crippen molar-refractivity contribution in [2.45, 2.75) is 256 Å². The zero-order valence-electron chi connectivity index (χ0n) is 93.6. The van der Waals surface area contributed by atoms with Gasteiger partial charge in [-0.2, -0.15) is 26.3 Å². The summed E-state index contributed by atoms with van der Waals surface area (Å²) in [7, 11) is 0. The second-order valence-corrected chi connectivity index (χ2v) is 38.8. The molecule has 0 spiro atoms. The van der Waals surface area contributed by atoms with E-state index in [1.165, 1.54) is 83.2 Å². The highest BCUT2D eigenvalue weighted by Gasteiger charge is 2.37. The van der Waals surface area contributed by atoms with Gasteiger partial charge in [-0.3, -0.25) is 0 Å². The van der Waals surface area contributed by atoms with Crippen LogP contribution in [0.25, 0.3) is 0 Å². The highest BCUT2D eigenvalue weighted by atomic mass is 19.4. The van der Waals surface area contributed by atoms with Crippen LogP contribution in [-0.2, 0) is 39.4 Å². The standard InChI is InChI=1S/3C22H26F3NO.2C22H26F3N/c3*1-21(2,3)18-6-8-19(9-7-18)26-14-12-17(13-15-26)16-4-10-20(11-5-16)27-22(23,24)25;2*1-21(2,3)18-8-10-20(11-9-18)26-14-12-17(13-15-26)16-4-6-19(7-5-16)22(23,24)25/h3*4-11,17H,12-15H2,1-3H3;2*4-11,17H,12-15H2,1-3H3/i12D2,13D2,14D2,15D2;12D2,13D2;;12D2,13D2;. The molecule has 5 aliphatic rings. The van der Waals surface area contributed by atoms with Gasteiger partial charge in [0.1, 0.15) is 17.2 Å². The highest BCUT2D eigenvalue weighted by molar-refractivity contribution is 5.55. The molecular formula is C110H130F15N5O3. The van der Waals surface area contributed by atoms with Crippen LogP contribution < -0.4 is 38.7 Å². The Morgan fingerprint density at radius 3 is 0.579 bits per heavy atom. The first kappa shape index (κ1) is 82.0. The molecule has 0 aliphatic carbocycles. The minimum absolute atomic E-state index is 0.0304. The molecule has 23 heteroatoms. The van der Waals surface area contributed by atoms with Gasteiger partial charge in [0, 0.05) is 116 Å². The van der Waals surface area contributed by atoms with Crippen molar-refractivity contribution >= 4 is 28.4 Å². The highest BCUT2D eigenvalue weighted by Crippen LogP contribution is 2.43. The predicted molar refractivity (Wildman–Crippen MR) is 509 cm³/mol. The number of anilines is 5. The lowest BCUT2D eigenvalue weighted by Gasteiger charge is -2.34. The fraction of sp³-hybridized carbons (Fsp3) is 0.455. The van der Waals surface area contributed by atoms with Crippen LogP contribution >= 0.6 is 0 Å². The van der Waals surface area contributed by atoms with Crippen molar-refractivity contribution in [1.82, 2.24) is 0 Å². The number of piperidine rings is 5. The smallest absolute Gasteiger partial charge is 0.406 e. The molecule has 0 bridgehead atoms. The molecule has 8 nitrogen and oxygen atoms in total. The number of hydrogen-bond acceptors (Lipinski definition) is 8. The van der Waals surface area contributed by atoms with E-state index in [4.69, 9.17) is 21.9 Å². The lowest BCUT2D eigenvalue weighted by Crippen LogP contribution is -2.32. The Bertz CT molecular complexity index is 5910. The largest absolute Gasteiger partial charge is 0.573 e. The summed E-state index contributed by atoms with van der Waals surface area (Å²) in [5, 5.41) is 0. The minimum atomic E-state index is -4.96. The maximum absolute atomic E-state index is 12.9. The number of ether oxygens (including phenoxy) is 3. The third kappa shape index (κ3) is 31.0. The van der Waals surface area contributed by atoms with Crippen LogP contribution in [0.1, 0.15) is 286 Å². The van der Waals surface area contributed by atoms with Gasteiger partial charge >= 0.3 is 31.4 Å². The normalized spacial score (nSPS) is 21.4. The van der Waals surface area contributed by atoms with Gasteiger partial charge in [-0.1, -0.05) is 225 Å². The van der Waals surface area contributed by atoms with Crippen molar-refractivity contribution in [3.8, 4) is 17.2 Å². The van der Waals surface area contributed by atoms with Crippen molar-refractivity contribution < 1.29 is 102 Å². The summed E-state index contributed by atoms with van der Waals surface area (Å²) in [6, 6.07) is 63.6. The van der Waals surface area contributed by atoms with Gasteiger partial charge in [-0.25, -0.2) is 0 Å². The summed E-state index contributed by atoms with van der Waals surface area (Å²) in [5.41, 5.74) is 10.6. The van der Waals surface area contributed by atoms with Crippen molar-refractivity contribution in [1.29, 1.82) is 0 Å². The van der Waals surface area contributed by atoms with Crippen molar-refractivity contribution in [3.63, 3.8) is 0 Å². The van der Waals surface area contributed by atoms with E-state index in [1.54, 1.807) is 46.2 Å². The van der Waals surface area contributed by atoms with E-state index >= 15 is 0 Å². The van der Waals surface area contributed by atoms with Crippen LogP contribution in [0.3, 0.4) is 0 Å². The minimum Gasteiger partial charge on any atom is -0.406 e. The van der Waals surface area contributed by atoms with Gasteiger partial charge < -0.3 is 38.7 Å². The molecule has 5 heterocycles. The van der Waals surface area contributed by atoms with E-state index in [9.17, 15) is 65.9 Å². The van der Waals surface area contributed by atoms with Gasteiger partial charge in [0.15, 0.2) is 0 Å². The monoisotopic (exact) mass is 1870 g/mol. The predicted octanol–water partition coefficient (Wildman–Crippen LogP) is 31.6. The first-order valence-corrected chi connectivity index (χ1v) is 44.3. The maximum Gasteiger partial charge on any atom is 0.573 e. The van der Waals surface area contributed by atoms with Crippen LogP contribution in [0.4, 0.5) is 94.3 Å². The van der Waals surface area contributed by atoms with Crippen LogP contribution in [0.2, 0.25) is 0 Å². The van der Waals surface area contributed by atoms with Crippen molar-refractivity contribution in [2.75, 3.05) is 89.9 Å². The Kier molecular flexibility index (Phi) is 26.6. The molecule has 0 saturated carbocycles. The molecule has 0 unspecified atom stereocenters. The Labute approximate surface area is 799 Å². The van der Waals surface area contributed by atoms with Crippen molar-refractivity contribution in [2.24, 2.45) is 0 Å². The molecule has 718 valence electrons. The summed E-state index contributed by atoms with van der Waals surface area (Å²) in [6.07, 6.45) is -33.1. The van der Waals surface area contributed by atoms with E-state index in [2.05, 4.69) is 156 Å². The molecule has 0 aromatic heterocycles. The zero-order valence-corrected chi connectivity index (χ0v) is 77.6. The summed E-state index contributed by atoms with van der Waals surface area (Å²) in [5.74, 6) is -4.80. The van der Waals surface area contributed by atoms with Crippen LogP contribution in [0, 0.1) is 0 Å². The summed E-state index contributed by atoms with van der Waals surface area (Å²) in [4.78, 5) is 8.58. The van der Waals surface area contributed by atoms with Crippen molar-refractivity contribution in [3.05, 3.63) is 309 Å². The van der Waals surface area contributed by atoms with Gasteiger partial charge in [0.05, 0.1) is 11.1 Å². The molecule has 15 rings (SSSR count). The molecule has 10 aromatic rings. The maximum atomic E-state index is 12.9. The number of alkyl halides is 15. The average molecular weight is 1870 g/mol. The Hall–Kier alpha value is -10.5. The molecule has 0 radical (unpaired) electrons. The zero-order chi connectivity index (χ0) is 111. The lowest BCUT2D eigenvalue weighted by atomic mass is 9.86. The Morgan fingerprint density at radius 1 is 0.211 bits per heavy atom. The van der Waals surface area contributed by atoms with E-state index < -0.39 is 123 Å². The average Bonchev–Trinajstić information content (AvgIpc) is 0.679. The molecule has 5 aliphatic heterocycles. The molecule has 10 aromatic carbocycles. The van der Waals surface area contributed by atoms with Crippen LogP contribution in [0.5, 0.6) is 17.2 Å². The first-order chi connectivity index (χ1) is 68.1. The lowest BCUT2D eigenvalue weighted by molar-refractivity contribution is -0.275. The fourth-order valence-corrected chi connectivity index (χ4v) is 15.7. The summed E-state index contributed by atoms with van der Waals surface area (Å²) >= 11 is 0. The number of rotatable bonds is 13. The van der Waals surface area contributed by atoms with Gasteiger partial charge in [0.25, 0.3) is 0 Å². The second kappa shape index (κ2) is 43.1. The first-order valence-electron chi connectivity index (χ1n) is 52.3. The van der Waals surface area contributed by atoms with E-state index in [1.807, 2.05) is 69.3 Å². The fourth-order valence-electron chi connectivity index (χ4n) is 15.7. The number of nitrogens with zero attached hydrogens (tertiary/aromatic N) is 5. The van der Waals surface area contributed by atoms with E-state index in [0.29, 0.717) is 22.3 Å². The molecule has 0 N–H and O–H groups in total. The quantitative estimate of drug-likeness (QED) is 0.106. The Morgan fingerprint density at radius 2 is 0.383 bits per heavy atom. The SMILES string of the molecule is CC(C)(C)c1ccc(N2CCC(c3ccc(C(F)(F)F)cc3)CC2)cc1.CC(C)(C)c1ccc(N2CCC(c3ccc(OC(F)(F)F)cc3)CC2)cc1.[2H]C1([2H])C(c2ccc(OC(F)(F)F)cc2)C([2H])([2H])C([2H])([2H])N(c2ccc(C(C)(C)C)cc2)C1([2H])[2H].[2H]C1([2H])CN(c2ccc(C(C)(C)C)cc2)CC([2H])([2H])C1c1ccc(C(F)(F)F)cc1.[2H]C1([2H])CN(c2ccc(C(C)(C)C)cc2)CC([2H])([2H])C1c1ccc(OC(F)(F)F)cc1. The topological polar surface area (TPSA) is 43.9 Å². The van der Waals surface area contributed by atoms with Crippen LogP contribution in [0.15, 0.2) is 243 Å². The van der Waals surface area contributed by atoms with Gasteiger partial charge in [-0.05, 0) is 298 Å². The third-order valence-electron chi connectivity index (χ3n) is 23.7. The van der Waals surface area contributed by atoms with Gasteiger partial charge in [0.2, 0.25) is 0 Å². The molecular weight excluding hydrogens is 1720 g/mol.